The Morgan fingerprint density at radius 2 is 2.05 bits per heavy atom. The van der Waals surface area contributed by atoms with Gasteiger partial charge in [-0.2, -0.15) is 0 Å². The highest BCUT2D eigenvalue weighted by Gasteiger charge is 2.24. The van der Waals surface area contributed by atoms with E-state index in [2.05, 4.69) is 27.8 Å². The summed E-state index contributed by atoms with van der Waals surface area (Å²) in [5, 5.41) is 19.9. The zero-order valence-corrected chi connectivity index (χ0v) is 12.9. The molecule has 4 heteroatoms. The van der Waals surface area contributed by atoms with E-state index in [4.69, 9.17) is 0 Å². The quantitative estimate of drug-likeness (QED) is 0.893. The van der Waals surface area contributed by atoms with Gasteiger partial charge >= 0.3 is 0 Å². The highest BCUT2D eigenvalue weighted by molar-refractivity contribution is 9.10. The lowest BCUT2D eigenvalue weighted by molar-refractivity contribution is 0.0288. The van der Waals surface area contributed by atoms with Gasteiger partial charge in [-0.25, -0.2) is 0 Å². The Bertz CT molecular complexity index is 396. The Hall–Kier alpha value is -0.420. The summed E-state index contributed by atoms with van der Waals surface area (Å²) in [6, 6.07) is 7.82. The predicted molar refractivity (Wildman–Crippen MR) is 79.9 cm³/mol. The van der Waals surface area contributed by atoms with Gasteiger partial charge in [-0.1, -0.05) is 35.0 Å². The van der Waals surface area contributed by atoms with E-state index in [9.17, 15) is 10.2 Å². The van der Waals surface area contributed by atoms with E-state index >= 15 is 0 Å². The van der Waals surface area contributed by atoms with Crippen molar-refractivity contribution in [1.82, 2.24) is 4.90 Å². The van der Waals surface area contributed by atoms with Crippen LogP contribution in [0.4, 0.5) is 0 Å². The lowest BCUT2D eigenvalue weighted by Crippen LogP contribution is -2.42. The Balaban J connectivity index is 1.80. The van der Waals surface area contributed by atoms with Crippen LogP contribution in [0.3, 0.4) is 0 Å². The molecule has 1 aliphatic rings. The second kappa shape index (κ2) is 6.84. The third kappa shape index (κ3) is 4.28. The molecule has 0 radical (unpaired) electrons. The maximum absolute atomic E-state index is 10.2. The van der Waals surface area contributed by atoms with Crippen LogP contribution in [0.5, 0.6) is 0 Å². The molecule has 1 fully saturated rings. The topological polar surface area (TPSA) is 43.7 Å². The van der Waals surface area contributed by atoms with Gasteiger partial charge in [0.2, 0.25) is 0 Å². The molecule has 2 rings (SSSR count). The van der Waals surface area contributed by atoms with Crippen molar-refractivity contribution in [2.24, 2.45) is 5.92 Å². The molecule has 1 aromatic rings. The Labute approximate surface area is 123 Å². The first kappa shape index (κ1) is 15.0. The summed E-state index contributed by atoms with van der Waals surface area (Å²) < 4.78 is 1.03. The monoisotopic (exact) mass is 327 g/mol. The summed E-state index contributed by atoms with van der Waals surface area (Å²) in [7, 11) is 0. The van der Waals surface area contributed by atoms with Gasteiger partial charge in [-0.05, 0) is 36.5 Å². The van der Waals surface area contributed by atoms with Crippen LogP contribution in [0.2, 0.25) is 0 Å². The Morgan fingerprint density at radius 1 is 1.37 bits per heavy atom. The van der Waals surface area contributed by atoms with Gasteiger partial charge in [0.05, 0.1) is 12.2 Å². The molecular weight excluding hydrogens is 306 g/mol. The standard InChI is InChI=1S/C15H22BrNO2/c1-11-10-17(8-6-14(11)18)9-7-15(19)12-2-4-13(16)5-3-12/h2-5,11,14-15,18-19H,6-10H2,1H3. The normalized spacial score (nSPS) is 26.3. The van der Waals surface area contributed by atoms with Crippen molar-refractivity contribution in [3.8, 4) is 0 Å². The SMILES string of the molecule is CC1CN(CCC(O)c2ccc(Br)cc2)CCC1O. The molecule has 0 spiro atoms. The molecule has 0 amide bonds. The fraction of sp³-hybridized carbons (Fsp3) is 0.600. The minimum absolute atomic E-state index is 0.160. The smallest absolute Gasteiger partial charge is 0.0802 e. The number of halogens is 1. The van der Waals surface area contributed by atoms with Gasteiger partial charge in [-0.15, -0.1) is 0 Å². The number of hydrogen-bond donors (Lipinski definition) is 2. The van der Waals surface area contributed by atoms with Crippen LogP contribution in [0.1, 0.15) is 31.4 Å². The van der Waals surface area contributed by atoms with Crippen LogP contribution in [-0.2, 0) is 0 Å². The fourth-order valence-corrected chi connectivity index (χ4v) is 2.84. The summed E-state index contributed by atoms with van der Waals surface area (Å²) in [5.74, 6) is 0.332. The van der Waals surface area contributed by atoms with Gasteiger partial charge in [0.1, 0.15) is 0 Å². The zero-order chi connectivity index (χ0) is 13.8. The first-order chi connectivity index (χ1) is 9.06. The molecule has 19 heavy (non-hydrogen) atoms. The van der Waals surface area contributed by atoms with Crippen LogP contribution in [-0.4, -0.2) is 40.9 Å². The zero-order valence-electron chi connectivity index (χ0n) is 11.3. The molecule has 1 heterocycles. The molecule has 0 aliphatic carbocycles. The Morgan fingerprint density at radius 3 is 2.68 bits per heavy atom. The average molecular weight is 328 g/mol. The minimum atomic E-state index is -0.407. The number of aliphatic hydroxyl groups excluding tert-OH is 2. The second-order valence-electron chi connectivity index (χ2n) is 5.49. The molecule has 3 atom stereocenters. The lowest BCUT2D eigenvalue weighted by atomic mass is 9.96. The summed E-state index contributed by atoms with van der Waals surface area (Å²) in [5.41, 5.74) is 0.966. The molecular formula is C15H22BrNO2. The van der Waals surface area contributed by atoms with Crippen molar-refractivity contribution < 1.29 is 10.2 Å². The van der Waals surface area contributed by atoms with Crippen LogP contribution in [0, 0.1) is 5.92 Å². The fourth-order valence-electron chi connectivity index (χ4n) is 2.58. The number of rotatable bonds is 4. The Kier molecular flexibility index (Phi) is 5.39. The number of benzene rings is 1. The van der Waals surface area contributed by atoms with E-state index in [0.717, 1.165) is 42.5 Å². The summed E-state index contributed by atoms with van der Waals surface area (Å²) in [6.07, 6.45) is 1.02. The van der Waals surface area contributed by atoms with Crippen molar-refractivity contribution in [1.29, 1.82) is 0 Å². The second-order valence-corrected chi connectivity index (χ2v) is 6.41. The number of nitrogens with zero attached hydrogens (tertiary/aromatic N) is 1. The summed E-state index contributed by atoms with van der Waals surface area (Å²) in [6.45, 7) is 4.82. The van der Waals surface area contributed by atoms with Crippen molar-refractivity contribution >= 4 is 15.9 Å². The molecule has 1 aliphatic heterocycles. The molecule has 1 saturated heterocycles. The van der Waals surface area contributed by atoms with Crippen LogP contribution < -0.4 is 0 Å². The number of hydrogen-bond acceptors (Lipinski definition) is 3. The highest BCUT2D eigenvalue weighted by atomic mass is 79.9. The van der Waals surface area contributed by atoms with Gasteiger partial charge in [-0.3, -0.25) is 0 Å². The van der Waals surface area contributed by atoms with Gasteiger partial charge in [0.15, 0.2) is 0 Å². The van der Waals surface area contributed by atoms with E-state index in [1.54, 1.807) is 0 Å². The molecule has 0 bridgehead atoms. The van der Waals surface area contributed by atoms with E-state index in [-0.39, 0.29) is 6.10 Å². The van der Waals surface area contributed by atoms with Crippen molar-refractivity contribution in [2.75, 3.05) is 19.6 Å². The third-order valence-corrected chi connectivity index (χ3v) is 4.45. The van der Waals surface area contributed by atoms with Crippen LogP contribution in [0.25, 0.3) is 0 Å². The van der Waals surface area contributed by atoms with Crippen molar-refractivity contribution in [3.05, 3.63) is 34.3 Å². The van der Waals surface area contributed by atoms with Crippen molar-refractivity contribution in [2.45, 2.75) is 32.0 Å². The first-order valence-corrected chi connectivity index (χ1v) is 7.69. The van der Waals surface area contributed by atoms with E-state index in [0.29, 0.717) is 5.92 Å². The maximum Gasteiger partial charge on any atom is 0.0802 e. The highest BCUT2D eigenvalue weighted by Crippen LogP contribution is 2.22. The summed E-state index contributed by atoms with van der Waals surface area (Å²) in [4.78, 5) is 2.33. The predicted octanol–water partition coefficient (Wildman–Crippen LogP) is 2.58. The van der Waals surface area contributed by atoms with Crippen LogP contribution >= 0.6 is 15.9 Å². The maximum atomic E-state index is 10.2. The molecule has 2 N–H and O–H groups in total. The largest absolute Gasteiger partial charge is 0.393 e. The molecule has 3 unspecified atom stereocenters. The number of aliphatic hydroxyl groups is 2. The van der Waals surface area contributed by atoms with E-state index in [1.165, 1.54) is 0 Å². The summed E-state index contributed by atoms with van der Waals surface area (Å²) >= 11 is 3.39. The molecule has 1 aromatic carbocycles. The van der Waals surface area contributed by atoms with Gasteiger partial charge < -0.3 is 15.1 Å². The molecule has 106 valence electrons. The van der Waals surface area contributed by atoms with Gasteiger partial charge in [0, 0.05) is 24.1 Å². The minimum Gasteiger partial charge on any atom is -0.393 e. The average Bonchev–Trinajstić information content (AvgIpc) is 2.40. The first-order valence-electron chi connectivity index (χ1n) is 6.90. The molecule has 0 aromatic heterocycles. The van der Waals surface area contributed by atoms with Gasteiger partial charge in [0.25, 0.3) is 0 Å². The molecule has 0 saturated carbocycles. The van der Waals surface area contributed by atoms with E-state index in [1.807, 2.05) is 24.3 Å². The lowest BCUT2D eigenvalue weighted by Gasteiger charge is -2.34. The molecule has 3 nitrogen and oxygen atoms in total. The number of piperidine rings is 1. The van der Waals surface area contributed by atoms with E-state index < -0.39 is 6.10 Å². The van der Waals surface area contributed by atoms with Crippen molar-refractivity contribution in [3.63, 3.8) is 0 Å². The van der Waals surface area contributed by atoms with Crippen LogP contribution in [0.15, 0.2) is 28.7 Å². The number of likely N-dealkylation sites (tertiary alicyclic amines) is 1. The third-order valence-electron chi connectivity index (χ3n) is 3.92.